The number of carbonyl (C=O) groups is 2. The van der Waals surface area contributed by atoms with Crippen LogP contribution in [0.15, 0.2) is 24.3 Å². The summed E-state index contributed by atoms with van der Waals surface area (Å²) < 4.78 is 5.53. The highest BCUT2D eigenvalue weighted by atomic mass is 32.2. The Kier molecular flexibility index (Phi) is 9.69. The van der Waals surface area contributed by atoms with E-state index in [1.807, 2.05) is 43.3 Å². The second-order valence-electron chi connectivity index (χ2n) is 9.59. The Morgan fingerprint density at radius 1 is 1.16 bits per heavy atom. The first kappa shape index (κ1) is 25.5. The summed E-state index contributed by atoms with van der Waals surface area (Å²) in [6.07, 6.45) is 6.20. The van der Waals surface area contributed by atoms with Crippen LogP contribution in [0, 0.1) is 11.8 Å². The minimum Gasteiger partial charge on any atom is -0.459 e. The quantitative estimate of drug-likeness (QED) is 0.338. The van der Waals surface area contributed by atoms with Crippen LogP contribution >= 0.6 is 11.8 Å². The lowest BCUT2D eigenvalue weighted by Crippen LogP contribution is -2.47. The molecule has 2 atom stereocenters. The fourth-order valence-corrected chi connectivity index (χ4v) is 4.92. The van der Waals surface area contributed by atoms with Gasteiger partial charge in [-0.15, -0.1) is 11.8 Å². The number of benzene rings is 1. The highest BCUT2D eigenvalue weighted by Gasteiger charge is 2.37. The lowest BCUT2D eigenvalue weighted by molar-refractivity contribution is -0.162. The van der Waals surface area contributed by atoms with Gasteiger partial charge in [0.15, 0.2) is 5.92 Å². The topological polar surface area (TPSA) is 84.7 Å². The van der Waals surface area contributed by atoms with Gasteiger partial charge in [0, 0.05) is 26.3 Å². The van der Waals surface area contributed by atoms with E-state index >= 15 is 0 Å². The van der Waals surface area contributed by atoms with Gasteiger partial charge in [0.1, 0.15) is 5.60 Å². The molecular formula is C24H39N3O3S. The zero-order chi connectivity index (χ0) is 23.0. The first-order chi connectivity index (χ1) is 14.6. The van der Waals surface area contributed by atoms with Crippen LogP contribution in [0.5, 0.6) is 0 Å². The highest BCUT2D eigenvalue weighted by Crippen LogP contribution is 2.29. The third-order valence-corrected chi connectivity index (χ3v) is 6.76. The first-order valence-corrected chi connectivity index (χ1v) is 12.3. The molecule has 3 N–H and O–H groups in total. The van der Waals surface area contributed by atoms with Gasteiger partial charge in [-0.1, -0.05) is 31.4 Å². The van der Waals surface area contributed by atoms with Crippen LogP contribution in [0.25, 0.3) is 0 Å². The normalized spacial score (nSPS) is 17.0. The van der Waals surface area contributed by atoms with Crippen molar-refractivity contribution in [2.75, 3.05) is 24.7 Å². The van der Waals surface area contributed by atoms with Gasteiger partial charge in [0.25, 0.3) is 0 Å². The molecule has 0 radical (unpaired) electrons. The molecule has 1 unspecified atom stereocenters. The first-order valence-electron chi connectivity index (χ1n) is 11.2. The van der Waals surface area contributed by atoms with Gasteiger partial charge in [0.05, 0.1) is 5.37 Å². The van der Waals surface area contributed by atoms with E-state index < -0.39 is 22.9 Å². The summed E-state index contributed by atoms with van der Waals surface area (Å²) in [7, 11) is 3.96. The minimum atomic E-state index is -1.03. The summed E-state index contributed by atoms with van der Waals surface area (Å²) >= 11 is 1.51. The highest BCUT2D eigenvalue weighted by molar-refractivity contribution is 7.99. The fourth-order valence-electron chi connectivity index (χ4n) is 3.66. The predicted molar refractivity (Wildman–Crippen MR) is 129 cm³/mol. The predicted octanol–water partition coefficient (Wildman–Crippen LogP) is 3.93. The van der Waals surface area contributed by atoms with Crippen molar-refractivity contribution >= 4 is 29.3 Å². The summed E-state index contributed by atoms with van der Waals surface area (Å²) in [5.41, 5.74) is 7.75. The van der Waals surface area contributed by atoms with Gasteiger partial charge in [-0.2, -0.15) is 0 Å². The number of hydrogen-bond acceptors (Lipinski definition) is 6. The molecule has 31 heavy (non-hydrogen) atoms. The van der Waals surface area contributed by atoms with Crippen molar-refractivity contribution in [3.8, 4) is 0 Å². The second kappa shape index (κ2) is 11.8. The molecule has 0 saturated heterocycles. The largest absolute Gasteiger partial charge is 0.459 e. The van der Waals surface area contributed by atoms with Gasteiger partial charge in [-0.05, 0) is 63.0 Å². The van der Waals surface area contributed by atoms with E-state index in [4.69, 9.17) is 10.5 Å². The Bertz CT molecular complexity index is 710. The van der Waals surface area contributed by atoms with Crippen molar-refractivity contribution in [3.63, 3.8) is 0 Å². The van der Waals surface area contributed by atoms with Gasteiger partial charge in [-0.25, -0.2) is 0 Å². The summed E-state index contributed by atoms with van der Waals surface area (Å²) in [5, 5.41) is 2.25. The number of rotatable bonds is 9. The molecule has 1 aromatic rings. The molecule has 174 valence electrons. The van der Waals surface area contributed by atoms with Crippen LogP contribution in [0.1, 0.15) is 58.4 Å². The molecule has 0 aliphatic heterocycles. The number of amides is 1. The molecule has 7 heteroatoms. The standard InChI is InChI=1S/C24H39N3O3S/c1-24(2,3)30-23(29)20(21(25)31-16-18-9-7-6-8-10-18)22(28)26-15-17-11-13-19(14-12-17)27(4)5/h11-14,18,20-21H,6-10,15-16,25H2,1-5H3,(H,26,28)/t20-,21?/m1/s1. The van der Waals surface area contributed by atoms with Crippen molar-refractivity contribution in [2.45, 2.75) is 70.4 Å². The number of carbonyl (C=O) groups excluding carboxylic acids is 2. The van der Waals surface area contributed by atoms with E-state index in [-0.39, 0.29) is 5.91 Å². The third-order valence-electron chi connectivity index (χ3n) is 5.44. The number of anilines is 1. The number of nitrogens with one attached hydrogen (secondary N) is 1. The Labute approximate surface area is 191 Å². The SMILES string of the molecule is CN(C)c1ccc(CNC(=O)[C@H](C(=O)OC(C)(C)C)C(N)SCC2CCCCC2)cc1. The minimum absolute atomic E-state index is 0.339. The molecule has 2 rings (SSSR count). The van der Waals surface area contributed by atoms with Crippen molar-refractivity contribution in [1.82, 2.24) is 5.32 Å². The Balaban J connectivity index is 2.01. The molecule has 1 aromatic carbocycles. The molecule has 1 fully saturated rings. The number of nitrogens with zero attached hydrogens (tertiary/aromatic N) is 1. The van der Waals surface area contributed by atoms with E-state index in [9.17, 15) is 9.59 Å². The van der Waals surface area contributed by atoms with Crippen molar-refractivity contribution in [1.29, 1.82) is 0 Å². The summed E-state index contributed by atoms with van der Waals surface area (Å²) in [6, 6.07) is 7.93. The average molecular weight is 450 g/mol. The van der Waals surface area contributed by atoms with Crippen LogP contribution in [0.3, 0.4) is 0 Å². The zero-order valence-corrected chi connectivity index (χ0v) is 20.5. The van der Waals surface area contributed by atoms with Gasteiger partial charge in [-0.3, -0.25) is 9.59 Å². The van der Waals surface area contributed by atoms with Crippen LogP contribution < -0.4 is 16.0 Å². The van der Waals surface area contributed by atoms with Gasteiger partial charge in [0.2, 0.25) is 5.91 Å². The van der Waals surface area contributed by atoms with Gasteiger partial charge >= 0.3 is 5.97 Å². The zero-order valence-electron chi connectivity index (χ0n) is 19.6. The average Bonchev–Trinajstić information content (AvgIpc) is 2.70. The smallest absolute Gasteiger partial charge is 0.321 e. The number of ether oxygens (including phenoxy) is 1. The van der Waals surface area contributed by atoms with E-state index in [1.165, 1.54) is 43.9 Å². The van der Waals surface area contributed by atoms with Crippen molar-refractivity contribution in [2.24, 2.45) is 17.6 Å². The number of esters is 1. The maximum Gasteiger partial charge on any atom is 0.321 e. The van der Waals surface area contributed by atoms with E-state index in [1.54, 1.807) is 20.8 Å². The third kappa shape index (κ3) is 8.73. The lowest BCUT2D eigenvalue weighted by atomic mass is 9.91. The van der Waals surface area contributed by atoms with Crippen LogP contribution in [0.2, 0.25) is 0 Å². The Morgan fingerprint density at radius 2 is 1.77 bits per heavy atom. The van der Waals surface area contributed by atoms with Crippen LogP contribution in [-0.4, -0.2) is 42.7 Å². The van der Waals surface area contributed by atoms with E-state index in [0.29, 0.717) is 12.5 Å². The molecule has 0 heterocycles. The van der Waals surface area contributed by atoms with Crippen molar-refractivity contribution in [3.05, 3.63) is 29.8 Å². The van der Waals surface area contributed by atoms with Gasteiger partial charge < -0.3 is 20.7 Å². The molecule has 1 saturated carbocycles. The molecule has 1 aliphatic carbocycles. The fraction of sp³-hybridized carbons (Fsp3) is 0.667. The molecule has 0 bridgehead atoms. The van der Waals surface area contributed by atoms with Crippen molar-refractivity contribution < 1.29 is 14.3 Å². The van der Waals surface area contributed by atoms with E-state index in [0.717, 1.165) is 17.0 Å². The number of thioether (sulfide) groups is 1. The Hall–Kier alpha value is -1.73. The maximum atomic E-state index is 13.0. The summed E-state index contributed by atoms with van der Waals surface area (Å²) in [6.45, 7) is 5.73. The second-order valence-corrected chi connectivity index (χ2v) is 10.8. The van der Waals surface area contributed by atoms with Crippen LogP contribution in [0.4, 0.5) is 5.69 Å². The molecule has 6 nitrogen and oxygen atoms in total. The van der Waals surface area contributed by atoms with Crippen LogP contribution in [-0.2, 0) is 20.9 Å². The molecule has 1 aliphatic rings. The molecule has 0 spiro atoms. The number of nitrogens with two attached hydrogens (primary N) is 1. The van der Waals surface area contributed by atoms with E-state index in [2.05, 4.69) is 5.32 Å². The monoisotopic (exact) mass is 449 g/mol. The summed E-state index contributed by atoms with van der Waals surface area (Å²) in [4.78, 5) is 27.9. The number of hydrogen-bond donors (Lipinski definition) is 2. The summed E-state index contributed by atoms with van der Waals surface area (Å²) in [5.74, 6) is -0.484. The maximum absolute atomic E-state index is 13.0. The molecular weight excluding hydrogens is 410 g/mol. The lowest BCUT2D eigenvalue weighted by Gasteiger charge is -2.28. The Morgan fingerprint density at radius 3 is 2.32 bits per heavy atom. The molecule has 0 aromatic heterocycles. The molecule has 1 amide bonds.